The summed E-state index contributed by atoms with van der Waals surface area (Å²) in [5, 5.41) is 8.69. The third-order valence-corrected chi connectivity index (χ3v) is 2.26. The number of aromatic carboxylic acids is 1. The summed E-state index contributed by atoms with van der Waals surface area (Å²) >= 11 is 0. The number of methoxy groups -OCH3 is 1. The van der Waals surface area contributed by atoms with E-state index in [0.29, 0.717) is 5.76 Å². The minimum atomic E-state index is -1.05. The molecule has 84 valence electrons. The monoisotopic (exact) mass is 212 g/mol. The number of furan rings is 1. The minimum Gasteiger partial charge on any atom is -0.475 e. The number of carbonyl (C=O) groups is 1. The minimum absolute atomic E-state index is 0.0384. The van der Waals surface area contributed by atoms with Crippen LogP contribution < -0.4 is 0 Å². The Labute approximate surface area is 88.8 Å². The predicted molar refractivity (Wildman–Crippen MR) is 54.9 cm³/mol. The Balaban J connectivity index is 2.69. The number of hydrogen-bond donors (Lipinski definition) is 1. The zero-order valence-electron chi connectivity index (χ0n) is 9.03. The first-order valence-corrected chi connectivity index (χ1v) is 5.04. The summed E-state index contributed by atoms with van der Waals surface area (Å²) in [6.45, 7) is 2.09. The number of unbranched alkanes of at least 4 members (excludes halogenated alkanes) is 1. The number of rotatable bonds is 6. The summed E-state index contributed by atoms with van der Waals surface area (Å²) in [5.41, 5.74) is 0. The maximum Gasteiger partial charge on any atom is 0.371 e. The summed E-state index contributed by atoms with van der Waals surface area (Å²) in [6, 6.07) is 3.11. The van der Waals surface area contributed by atoms with Gasteiger partial charge >= 0.3 is 5.97 Å². The van der Waals surface area contributed by atoms with E-state index < -0.39 is 5.97 Å². The number of hydrogen-bond acceptors (Lipinski definition) is 3. The second kappa shape index (κ2) is 5.56. The van der Waals surface area contributed by atoms with Gasteiger partial charge in [0.05, 0.1) is 0 Å². The van der Waals surface area contributed by atoms with Crippen molar-refractivity contribution in [3.8, 4) is 0 Å². The molecule has 0 bridgehead atoms. The molecule has 0 spiro atoms. The number of ether oxygens (including phenoxy) is 1. The van der Waals surface area contributed by atoms with Gasteiger partial charge in [-0.25, -0.2) is 4.79 Å². The Bertz CT molecular complexity index is 316. The summed E-state index contributed by atoms with van der Waals surface area (Å²) < 4.78 is 10.4. The largest absolute Gasteiger partial charge is 0.475 e. The average molecular weight is 212 g/mol. The zero-order valence-corrected chi connectivity index (χ0v) is 9.03. The molecule has 0 saturated heterocycles. The van der Waals surface area contributed by atoms with Crippen LogP contribution in [0.2, 0.25) is 0 Å². The van der Waals surface area contributed by atoms with Crippen LogP contribution in [0.5, 0.6) is 0 Å². The molecule has 1 aromatic heterocycles. The van der Waals surface area contributed by atoms with Crippen molar-refractivity contribution in [2.24, 2.45) is 0 Å². The zero-order chi connectivity index (χ0) is 11.3. The Morgan fingerprint density at radius 1 is 1.60 bits per heavy atom. The van der Waals surface area contributed by atoms with Crippen LogP contribution in [0.25, 0.3) is 0 Å². The molecule has 15 heavy (non-hydrogen) atoms. The molecule has 4 heteroatoms. The fourth-order valence-electron chi connectivity index (χ4n) is 1.41. The molecule has 1 heterocycles. The molecule has 0 saturated carbocycles. The molecule has 1 atom stereocenters. The van der Waals surface area contributed by atoms with Crippen molar-refractivity contribution in [2.45, 2.75) is 32.3 Å². The third-order valence-electron chi connectivity index (χ3n) is 2.26. The highest BCUT2D eigenvalue weighted by Crippen LogP contribution is 2.24. The van der Waals surface area contributed by atoms with E-state index >= 15 is 0 Å². The SMILES string of the molecule is CCCCC(OC)c1ccc(C(=O)O)o1. The molecule has 0 radical (unpaired) electrons. The van der Waals surface area contributed by atoms with Crippen LogP contribution in [0.3, 0.4) is 0 Å². The molecule has 1 N–H and O–H groups in total. The molecule has 0 aliphatic heterocycles. The highest BCUT2D eigenvalue weighted by molar-refractivity contribution is 5.84. The van der Waals surface area contributed by atoms with E-state index in [4.69, 9.17) is 14.3 Å². The van der Waals surface area contributed by atoms with Crippen LogP contribution in [0.15, 0.2) is 16.5 Å². The van der Waals surface area contributed by atoms with E-state index in [-0.39, 0.29) is 11.9 Å². The van der Waals surface area contributed by atoms with Gasteiger partial charge in [-0.3, -0.25) is 0 Å². The highest BCUT2D eigenvalue weighted by atomic mass is 16.5. The lowest BCUT2D eigenvalue weighted by atomic mass is 10.1. The van der Waals surface area contributed by atoms with Gasteiger partial charge in [0, 0.05) is 7.11 Å². The van der Waals surface area contributed by atoms with Crippen molar-refractivity contribution in [1.82, 2.24) is 0 Å². The van der Waals surface area contributed by atoms with Crippen molar-refractivity contribution < 1.29 is 19.1 Å². The van der Waals surface area contributed by atoms with E-state index in [1.807, 2.05) is 0 Å². The van der Waals surface area contributed by atoms with Gasteiger partial charge in [-0.05, 0) is 18.6 Å². The van der Waals surface area contributed by atoms with Crippen molar-refractivity contribution in [3.63, 3.8) is 0 Å². The molecule has 0 aliphatic carbocycles. The fraction of sp³-hybridized carbons (Fsp3) is 0.545. The quantitative estimate of drug-likeness (QED) is 0.787. The molecule has 1 unspecified atom stereocenters. The fourth-order valence-corrected chi connectivity index (χ4v) is 1.41. The predicted octanol–water partition coefficient (Wildman–Crippen LogP) is 2.86. The second-order valence-corrected chi connectivity index (χ2v) is 3.37. The van der Waals surface area contributed by atoms with Crippen LogP contribution in [0, 0.1) is 0 Å². The van der Waals surface area contributed by atoms with Gasteiger partial charge in [0.25, 0.3) is 0 Å². The van der Waals surface area contributed by atoms with Gasteiger partial charge in [0.2, 0.25) is 5.76 Å². The van der Waals surface area contributed by atoms with E-state index in [0.717, 1.165) is 19.3 Å². The Morgan fingerprint density at radius 2 is 2.33 bits per heavy atom. The summed E-state index contributed by atoms with van der Waals surface area (Å²) in [7, 11) is 1.60. The van der Waals surface area contributed by atoms with Gasteiger partial charge in [-0.2, -0.15) is 0 Å². The Morgan fingerprint density at radius 3 is 2.80 bits per heavy atom. The molecule has 0 aromatic carbocycles. The normalized spacial score (nSPS) is 12.7. The first-order chi connectivity index (χ1) is 7.19. The van der Waals surface area contributed by atoms with Crippen LogP contribution in [0.4, 0.5) is 0 Å². The lowest BCUT2D eigenvalue weighted by Crippen LogP contribution is -2.00. The smallest absolute Gasteiger partial charge is 0.371 e. The lowest BCUT2D eigenvalue weighted by molar-refractivity contribution is 0.0605. The van der Waals surface area contributed by atoms with Crippen LogP contribution >= 0.6 is 0 Å². The molecule has 4 nitrogen and oxygen atoms in total. The van der Waals surface area contributed by atoms with Crippen molar-refractivity contribution >= 4 is 5.97 Å². The Kier molecular flexibility index (Phi) is 4.37. The molecular formula is C11H16O4. The summed E-state index contributed by atoms with van der Waals surface area (Å²) in [4.78, 5) is 10.6. The van der Waals surface area contributed by atoms with E-state index in [1.54, 1.807) is 13.2 Å². The second-order valence-electron chi connectivity index (χ2n) is 3.37. The van der Waals surface area contributed by atoms with E-state index in [1.165, 1.54) is 6.07 Å². The first kappa shape index (κ1) is 11.8. The summed E-state index contributed by atoms with van der Waals surface area (Å²) in [5.74, 6) is -0.501. The van der Waals surface area contributed by atoms with Gasteiger partial charge in [0.1, 0.15) is 11.9 Å². The van der Waals surface area contributed by atoms with Gasteiger partial charge in [-0.15, -0.1) is 0 Å². The van der Waals surface area contributed by atoms with Gasteiger partial charge in [0.15, 0.2) is 0 Å². The van der Waals surface area contributed by atoms with Crippen molar-refractivity contribution in [2.75, 3.05) is 7.11 Å². The molecule has 0 fully saturated rings. The maximum atomic E-state index is 10.6. The number of carboxylic acid groups (broad SMARTS) is 1. The highest BCUT2D eigenvalue weighted by Gasteiger charge is 2.16. The van der Waals surface area contributed by atoms with Crippen LogP contribution in [-0.2, 0) is 4.74 Å². The van der Waals surface area contributed by atoms with Gasteiger partial charge < -0.3 is 14.3 Å². The van der Waals surface area contributed by atoms with Crippen molar-refractivity contribution in [3.05, 3.63) is 23.7 Å². The maximum absolute atomic E-state index is 10.6. The van der Waals surface area contributed by atoms with E-state index in [9.17, 15) is 4.79 Å². The molecule has 1 aromatic rings. The molecule has 1 rings (SSSR count). The average Bonchev–Trinajstić information content (AvgIpc) is 2.68. The molecular weight excluding hydrogens is 196 g/mol. The van der Waals surface area contributed by atoms with Crippen LogP contribution in [0.1, 0.15) is 48.6 Å². The number of carboxylic acids is 1. The first-order valence-electron chi connectivity index (χ1n) is 5.04. The van der Waals surface area contributed by atoms with E-state index in [2.05, 4.69) is 6.92 Å². The van der Waals surface area contributed by atoms with Gasteiger partial charge in [-0.1, -0.05) is 19.8 Å². The van der Waals surface area contributed by atoms with Crippen LogP contribution in [-0.4, -0.2) is 18.2 Å². The topological polar surface area (TPSA) is 59.7 Å². The summed E-state index contributed by atoms with van der Waals surface area (Å²) in [6.07, 6.45) is 2.81. The standard InChI is InChI=1S/C11H16O4/c1-3-4-5-8(14-2)9-6-7-10(15-9)11(12)13/h6-8H,3-5H2,1-2H3,(H,12,13). The lowest BCUT2D eigenvalue weighted by Gasteiger charge is -2.11. The molecule has 0 amide bonds. The Hall–Kier alpha value is -1.29. The molecule has 0 aliphatic rings. The van der Waals surface area contributed by atoms with Crippen molar-refractivity contribution in [1.29, 1.82) is 0 Å². The third kappa shape index (κ3) is 3.09.